The molecule has 0 saturated heterocycles. The van der Waals surface area contributed by atoms with Gasteiger partial charge in [0, 0.05) is 13.0 Å². The van der Waals surface area contributed by atoms with Gasteiger partial charge < -0.3 is 24.6 Å². The molecule has 0 aliphatic heterocycles. The molecule has 62 heavy (non-hydrogen) atoms. The summed E-state index contributed by atoms with van der Waals surface area (Å²) < 4.78 is 33.5. The van der Waals surface area contributed by atoms with Gasteiger partial charge in [-0.1, -0.05) is 182 Å². The van der Waals surface area contributed by atoms with E-state index in [9.17, 15) is 19.4 Å². The van der Waals surface area contributed by atoms with E-state index in [1.807, 2.05) is 0 Å². The SMILES string of the molecule is CC/C=C\C/C=C\C/C=C\C/C=C\CCCCCCCCCOCC(COP(=O)(O)OCC(O)CO)OC(=O)CCCCCCCC/C=C\C/C=C\C/C=C\CCCCCCC. The number of hydrogen-bond donors (Lipinski definition) is 3. The Balaban J connectivity index is 4.18. The Kier molecular flexibility index (Phi) is 46.3. The minimum absolute atomic E-state index is 0.0314. The van der Waals surface area contributed by atoms with Crippen LogP contribution in [0.1, 0.15) is 194 Å². The van der Waals surface area contributed by atoms with Crippen LogP contribution in [0.25, 0.3) is 0 Å². The zero-order valence-corrected chi connectivity index (χ0v) is 40.2. The second-order valence-corrected chi connectivity index (χ2v) is 17.5. The monoisotopic (exact) mass is 891 g/mol. The first-order valence-electron chi connectivity index (χ1n) is 24.6. The van der Waals surface area contributed by atoms with E-state index in [0.29, 0.717) is 13.0 Å². The molecule has 0 amide bonds. The molecule has 3 atom stereocenters. The minimum atomic E-state index is -4.54. The molecule has 0 aromatic carbocycles. The normalized spacial score (nSPS) is 14.6. The van der Waals surface area contributed by atoms with Crippen molar-refractivity contribution in [2.24, 2.45) is 0 Å². The van der Waals surface area contributed by atoms with Crippen LogP contribution in [-0.4, -0.2) is 66.3 Å². The first-order chi connectivity index (χ1) is 30.3. The predicted molar refractivity (Wildman–Crippen MR) is 260 cm³/mol. The summed E-state index contributed by atoms with van der Waals surface area (Å²) in [6.07, 6.45) is 59.7. The molecule has 3 unspecified atom stereocenters. The van der Waals surface area contributed by atoms with Crippen LogP contribution in [0, 0.1) is 0 Å². The van der Waals surface area contributed by atoms with Gasteiger partial charge in [0.05, 0.1) is 26.4 Å². The number of esters is 1. The van der Waals surface area contributed by atoms with Crippen LogP contribution in [0.15, 0.2) is 85.1 Å². The lowest BCUT2D eigenvalue weighted by molar-refractivity contribution is -0.154. The molecule has 0 aliphatic carbocycles. The smallest absolute Gasteiger partial charge is 0.457 e. The zero-order chi connectivity index (χ0) is 45.3. The fraction of sp³-hybridized carbons (Fsp3) is 0.712. The van der Waals surface area contributed by atoms with Gasteiger partial charge in [0.15, 0.2) is 0 Å². The summed E-state index contributed by atoms with van der Waals surface area (Å²) in [5.74, 6) is -0.401. The molecule has 0 bridgehead atoms. The molecule has 0 aromatic heterocycles. The summed E-state index contributed by atoms with van der Waals surface area (Å²) in [6, 6.07) is 0. The van der Waals surface area contributed by atoms with Crippen molar-refractivity contribution >= 4 is 13.8 Å². The van der Waals surface area contributed by atoms with E-state index in [1.165, 1.54) is 64.2 Å². The highest BCUT2D eigenvalue weighted by atomic mass is 31.2. The van der Waals surface area contributed by atoms with Gasteiger partial charge in [0.25, 0.3) is 0 Å². The van der Waals surface area contributed by atoms with Gasteiger partial charge in [-0.3, -0.25) is 13.8 Å². The van der Waals surface area contributed by atoms with Crippen molar-refractivity contribution in [3.05, 3.63) is 85.1 Å². The number of phosphoric acid groups is 1. The molecule has 9 nitrogen and oxygen atoms in total. The molecule has 0 spiro atoms. The summed E-state index contributed by atoms with van der Waals surface area (Å²) >= 11 is 0. The molecule has 0 radical (unpaired) electrons. The fourth-order valence-corrected chi connectivity index (χ4v) is 7.14. The van der Waals surface area contributed by atoms with Gasteiger partial charge >= 0.3 is 13.8 Å². The number of hydrogen-bond acceptors (Lipinski definition) is 8. The fourth-order valence-electron chi connectivity index (χ4n) is 6.35. The molecule has 0 aliphatic rings. The third-order valence-corrected chi connectivity index (χ3v) is 11.0. The van der Waals surface area contributed by atoms with Gasteiger partial charge in [0.1, 0.15) is 12.2 Å². The van der Waals surface area contributed by atoms with E-state index in [0.717, 1.165) is 103 Å². The van der Waals surface area contributed by atoms with Crippen LogP contribution >= 0.6 is 7.82 Å². The quantitative estimate of drug-likeness (QED) is 0.0236. The number of phosphoric ester groups is 1. The van der Waals surface area contributed by atoms with Crippen molar-refractivity contribution in [1.82, 2.24) is 0 Å². The van der Waals surface area contributed by atoms with Crippen molar-refractivity contribution in [2.75, 3.05) is 33.0 Å². The third kappa shape index (κ3) is 47.1. The zero-order valence-electron chi connectivity index (χ0n) is 39.3. The number of unbranched alkanes of at least 4 members (excludes halogenated alkanes) is 18. The van der Waals surface area contributed by atoms with Gasteiger partial charge in [0.2, 0.25) is 0 Å². The number of ether oxygens (including phenoxy) is 2. The molecule has 358 valence electrons. The number of carbonyl (C=O) groups excluding carboxylic acids is 1. The summed E-state index contributed by atoms with van der Waals surface area (Å²) in [5.41, 5.74) is 0. The molecule has 0 saturated carbocycles. The average molecular weight is 891 g/mol. The van der Waals surface area contributed by atoms with E-state index in [-0.39, 0.29) is 13.0 Å². The van der Waals surface area contributed by atoms with Crippen molar-refractivity contribution in [3.8, 4) is 0 Å². The molecule has 0 rings (SSSR count). The average Bonchev–Trinajstić information content (AvgIpc) is 3.26. The van der Waals surface area contributed by atoms with Crippen molar-refractivity contribution in [2.45, 2.75) is 206 Å². The highest BCUT2D eigenvalue weighted by Gasteiger charge is 2.26. The number of allylic oxidation sites excluding steroid dienone is 14. The number of rotatable bonds is 46. The molecule has 0 heterocycles. The maximum absolute atomic E-state index is 12.7. The minimum Gasteiger partial charge on any atom is -0.457 e. The van der Waals surface area contributed by atoms with Crippen molar-refractivity contribution < 1.29 is 43.0 Å². The maximum Gasteiger partial charge on any atom is 0.472 e. The Morgan fingerprint density at radius 2 is 0.919 bits per heavy atom. The lowest BCUT2D eigenvalue weighted by Crippen LogP contribution is -2.29. The first kappa shape index (κ1) is 59.6. The summed E-state index contributed by atoms with van der Waals surface area (Å²) in [7, 11) is -4.54. The second kappa shape index (κ2) is 48.1. The van der Waals surface area contributed by atoms with Crippen LogP contribution in [-0.2, 0) is 27.9 Å². The van der Waals surface area contributed by atoms with E-state index in [2.05, 4.69) is 98.9 Å². The lowest BCUT2D eigenvalue weighted by Gasteiger charge is -2.20. The predicted octanol–water partition coefficient (Wildman–Crippen LogP) is 14.3. The van der Waals surface area contributed by atoms with Crippen LogP contribution in [0.2, 0.25) is 0 Å². The Hall–Kier alpha value is -2.36. The summed E-state index contributed by atoms with van der Waals surface area (Å²) in [5, 5.41) is 18.4. The largest absolute Gasteiger partial charge is 0.472 e. The van der Waals surface area contributed by atoms with Crippen molar-refractivity contribution in [3.63, 3.8) is 0 Å². The van der Waals surface area contributed by atoms with Crippen LogP contribution < -0.4 is 0 Å². The van der Waals surface area contributed by atoms with Crippen molar-refractivity contribution in [1.29, 1.82) is 0 Å². The number of carbonyl (C=O) groups is 1. The topological polar surface area (TPSA) is 132 Å². The standard InChI is InChI=1S/C52H91O9P/c1-3-5-7-9-11-13-15-17-19-21-23-25-26-28-30-32-34-36-38-40-42-44-52(55)61-51(49-60-62(56,57)59-47-50(54)46-53)48-58-45-43-41-39-37-35-33-31-29-27-24-22-20-18-16-14-12-10-8-6-4-2/h6,8,12,14-15,17-18,20-21,23-24,26-28,50-51,53-54H,3-5,7,9-11,13,16,19,22,25,29-49H2,1-2H3,(H,56,57)/b8-6-,14-12-,17-15-,20-18-,23-21-,27-24-,28-26-. The Morgan fingerprint density at radius 3 is 1.39 bits per heavy atom. The maximum atomic E-state index is 12.7. The molecule has 0 aromatic rings. The Morgan fingerprint density at radius 1 is 0.516 bits per heavy atom. The molecule has 10 heteroatoms. The summed E-state index contributed by atoms with van der Waals surface area (Å²) in [4.78, 5) is 22.7. The van der Waals surface area contributed by atoms with E-state index >= 15 is 0 Å². The summed E-state index contributed by atoms with van der Waals surface area (Å²) in [6.45, 7) is 3.35. The van der Waals surface area contributed by atoms with Gasteiger partial charge in [-0.25, -0.2) is 4.57 Å². The van der Waals surface area contributed by atoms with Gasteiger partial charge in [-0.2, -0.15) is 0 Å². The van der Waals surface area contributed by atoms with E-state index in [4.69, 9.17) is 23.6 Å². The highest BCUT2D eigenvalue weighted by molar-refractivity contribution is 7.47. The van der Waals surface area contributed by atoms with E-state index < -0.39 is 45.8 Å². The third-order valence-electron chi connectivity index (χ3n) is 10.1. The van der Waals surface area contributed by atoms with Gasteiger partial charge in [-0.05, 0) is 89.9 Å². The van der Waals surface area contributed by atoms with Gasteiger partial charge in [-0.15, -0.1) is 0 Å². The van der Waals surface area contributed by atoms with Crippen LogP contribution in [0.4, 0.5) is 0 Å². The molecule has 3 N–H and O–H groups in total. The van der Waals surface area contributed by atoms with Crippen LogP contribution in [0.5, 0.6) is 0 Å². The number of aliphatic hydroxyl groups is 2. The molecule has 0 fully saturated rings. The Bertz CT molecular complexity index is 1240. The first-order valence-corrected chi connectivity index (χ1v) is 26.1. The van der Waals surface area contributed by atoms with Crippen LogP contribution in [0.3, 0.4) is 0 Å². The highest BCUT2D eigenvalue weighted by Crippen LogP contribution is 2.43. The Labute approximate surface area is 379 Å². The van der Waals surface area contributed by atoms with E-state index in [1.54, 1.807) is 0 Å². The molecular weight excluding hydrogens is 800 g/mol. The molecular formula is C52H91O9P. The lowest BCUT2D eigenvalue weighted by atomic mass is 10.1. The second-order valence-electron chi connectivity index (χ2n) is 16.1. The number of aliphatic hydroxyl groups excluding tert-OH is 2.